The van der Waals surface area contributed by atoms with Gasteiger partial charge in [0.05, 0.1) is 0 Å². The normalized spacial score (nSPS) is 15.0. The van der Waals surface area contributed by atoms with Gasteiger partial charge >= 0.3 is 0 Å². The molecular formula is C64H54N2. The Balaban J connectivity index is 0.794. The molecule has 66 heavy (non-hydrogen) atoms. The van der Waals surface area contributed by atoms with Gasteiger partial charge in [0.25, 0.3) is 0 Å². The van der Waals surface area contributed by atoms with Gasteiger partial charge in [0.1, 0.15) is 0 Å². The lowest BCUT2D eigenvalue weighted by atomic mass is 9.81. The largest absolute Gasteiger partial charge is 0.314 e. The minimum absolute atomic E-state index is 0.128. The molecule has 0 radical (unpaired) electrons. The van der Waals surface area contributed by atoms with Gasteiger partial charge in [0, 0.05) is 45.0 Å². The molecule has 0 aromatic heterocycles. The predicted octanol–water partition coefficient (Wildman–Crippen LogP) is 17.5. The van der Waals surface area contributed by atoms with E-state index in [1.54, 1.807) is 0 Å². The molecule has 0 saturated heterocycles. The maximum Gasteiger partial charge on any atom is 0.0465 e. The molecule has 8 aromatic rings. The molecule has 0 amide bonds. The molecule has 11 rings (SSSR count). The van der Waals surface area contributed by atoms with E-state index in [-0.39, 0.29) is 10.8 Å². The van der Waals surface area contributed by atoms with Gasteiger partial charge in [-0.15, -0.1) is 0 Å². The van der Waals surface area contributed by atoms with Gasteiger partial charge in [-0.3, -0.25) is 0 Å². The average molecular weight is 851 g/mol. The van der Waals surface area contributed by atoms with Crippen LogP contribution in [0, 0.1) is 0 Å². The topological polar surface area (TPSA) is 6.48 Å². The van der Waals surface area contributed by atoms with Crippen molar-refractivity contribution in [2.24, 2.45) is 0 Å². The standard InChI is InChI=1S/C64H54N2/c1-63(2)59-41-47(33-37-55(59)57-39-35-53(43-61(57)63)65(49-17-9-5-10-18-49)50-19-11-6-12-20-50)31-29-45-25-27-46(28-26-45)30-32-48-34-38-56-58-40-36-54(44-62(58)64(3,4)60(56)42-48)66(51-21-13-7-14-22-51)52-23-15-8-16-24-52/h5-15,17-23,25-44H,16,24H2,1-4H3/b31-29+,32-30+. The highest BCUT2D eigenvalue weighted by Crippen LogP contribution is 2.52. The molecule has 3 aliphatic rings. The molecule has 8 aromatic carbocycles. The predicted molar refractivity (Wildman–Crippen MR) is 282 cm³/mol. The van der Waals surface area contributed by atoms with Crippen molar-refractivity contribution in [2.75, 3.05) is 9.80 Å². The van der Waals surface area contributed by atoms with Crippen molar-refractivity contribution in [3.8, 4) is 22.3 Å². The zero-order valence-electron chi connectivity index (χ0n) is 38.2. The molecule has 320 valence electrons. The monoisotopic (exact) mass is 850 g/mol. The van der Waals surface area contributed by atoms with Crippen molar-refractivity contribution in [1.82, 2.24) is 0 Å². The van der Waals surface area contributed by atoms with E-state index in [9.17, 15) is 0 Å². The first kappa shape index (κ1) is 41.1. The molecule has 2 heteroatoms. The minimum Gasteiger partial charge on any atom is -0.314 e. The van der Waals surface area contributed by atoms with Gasteiger partial charge < -0.3 is 9.80 Å². The summed E-state index contributed by atoms with van der Waals surface area (Å²) in [4.78, 5) is 4.79. The van der Waals surface area contributed by atoms with Crippen molar-refractivity contribution >= 4 is 52.7 Å². The number of anilines is 5. The van der Waals surface area contributed by atoms with Crippen LogP contribution in [0.5, 0.6) is 0 Å². The molecular weight excluding hydrogens is 797 g/mol. The van der Waals surface area contributed by atoms with E-state index in [4.69, 9.17) is 0 Å². The van der Waals surface area contributed by atoms with Gasteiger partial charge in [0.15, 0.2) is 0 Å². The summed E-state index contributed by atoms with van der Waals surface area (Å²) >= 11 is 0. The van der Waals surface area contributed by atoms with Crippen LogP contribution in [0.15, 0.2) is 212 Å². The summed E-state index contributed by atoms with van der Waals surface area (Å²) in [5.74, 6) is 0. The van der Waals surface area contributed by atoms with E-state index in [1.165, 1.54) is 89.5 Å². The van der Waals surface area contributed by atoms with E-state index in [0.29, 0.717) is 0 Å². The number of hydrogen-bond donors (Lipinski definition) is 0. The Morgan fingerprint density at radius 3 is 1.15 bits per heavy atom. The van der Waals surface area contributed by atoms with Crippen molar-refractivity contribution < 1.29 is 0 Å². The number of allylic oxidation sites excluding steroid dienone is 4. The summed E-state index contributed by atoms with van der Waals surface area (Å²) in [5, 5.41) is 0. The highest BCUT2D eigenvalue weighted by molar-refractivity contribution is 5.88. The van der Waals surface area contributed by atoms with E-state index in [2.05, 4.69) is 268 Å². The second-order valence-corrected chi connectivity index (χ2v) is 19.0. The molecule has 0 saturated carbocycles. The first-order chi connectivity index (χ1) is 32.2. The van der Waals surface area contributed by atoms with Crippen LogP contribution in [0.25, 0.3) is 46.6 Å². The molecule has 0 bridgehead atoms. The number of nitrogens with zero attached hydrogens (tertiary/aromatic N) is 2. The fraction of sp³-hybridized carbons (Fsp3) is 0.125. The van der Waals surface area contributed by atoms with Crippen LogP contribution in [0.1, 0.15) is 85.0 Å². The van der Waals surface area contributed by atoms with Gasteiger partial charge in [-0.1, -0.05) is 192 Å². The lowest BCUT2D eigenvalue weighted by Gasteiger charge is -2.30. The molecule has 0 spiro atoms. The Morgan fingerprint density at radius 2 is 0.727 bits per heavy atom. The molecule has 0 atom stereocenters. The first-order valence-electron chi connectivity index (χ1n) is 23.4. The lowest BCUT2D eigenvalue weighted by Crippen LogP contribution is -2.19. The fourth-order valence-corrected chi connectivity index (χ4v) is 10.5. The Kier molecular flexibility index (Phi) is 10.4. The van der Waals surface area contributed by atoms with Crippen LogP contribution in [0.3, 0.4) is 0 Å². The van der Waals surface area contributed by atoms with Crippen molar-refractivity contribution in [1.29, 1.82) is 0 Å². The summed E-state index contributed by atoms with van der Waals surface area (Å²) in [5.41, 5.74) is 22.5. The molecule has 3 aliphatic carbocycles. The smallest absolute Gasteiger partial charge is 0.0465 e. The van der Waals surface area contributed by atoms with Gasteiger partial charge in [-0.05, 0) is 146 Å². The lowest BCUT2D eigenvalue weighted by molar-refractivity contribution is 0.660. The molecule has 0 aliphatic heterocycles. The summed E-state index contributed by atoms with van der Waals surface area (Å²) in [6.45, 7) is 9.48. The van der Waals surface area contributed by atoms with Gasteiger partial charge in [0.2, 0.25) is 0 Å². The fourth-order valence-electron chi connectivity index (χ4n) is 10.5. The van der Waals surface area contributed by atoms with E-state index in [0.717, 1.165) is 24.2 Å². The van der Waals surface area contributed by atoms with Crippen molar-refractivity contribution in [3.63, 3.8) is 0 Å². The Labute approximate surface area is 390 Å². The van der Waals surface area contributed by atoms with Crippen molar-refractivity contribution in [2.45, 2.75) is 51.4 Å². The van der Waals surface area contributed by atoms with Crippen LogP contribution in [0.2, 0.25) is 0 Å². The second-order valence-electron chi connectivity index (χ2n) is 19.0. The minimum atomic E-state index is -0.144. The number of benzene rings is 8. The van der Waals surface area contributed by atoms with E-state index >= 15 is 0 Å². The van der Waals surface area contributed by atoms with Crippen LogP contribution in [0.4, 0.5) is 28.4 Å². The number of hydrogen-bond acceptors (Lipinski definition) is 2. The van der Waals surface area contributed by atoms with Crippen molar-refractivity contribution in [3.05, 3.63) is 256 Å². The SMILES string of the molecule is CC1(C)c2cc(/C=C/c3ccc(/C=C/c4ccc5c(c4)C(C)(C)c4cc(N(c6ccccc6)c6ccccc6)ccc4-5)cc3)ccc2-c2ccc(N(C3=CC=CCC3)c3ccccc3)cc21. The zero-order chi connectivity index (χ0) is 44.8. The summed E-state index contributed by atoms with van der Waals surface area (Å²) in [7, 11) is 0. The van der Waals surface area contributed by atoms with E-state index < -0.39 is 0 Å². The van der Waals surface area contributed by atoms with Crippen LogP contribution in [-0.2, 0) is 10.8 Å². The molecule has 0 N–H and O–H groups in total. The van der Waals surface area contributed by atoms with Crippen LogP contribution in [-0.4, -0.2) is 0 Å². The van der Waals surface area contributed by atoms with Gasteiger partial charge in [-0.2, -0.15) is 0 Å². The number of para-hydroxylation sites is 3. The Bertz CT molecular complexity index is 3180. The number of fused-ring (bicyclic) bond motifs is 6. The molecule has 0 fully saturated rings. The highest BCUT2D eigenvalue weighted by atomic mass is 15.2. The summed E-state index contributed by atoms with van der Waals surface area (Å²) < 4.78 is 0. The molecule has 0 heterocycles. The third-order valence-corrected chi connectivity index (χ3v) is 14.1. The highest BCUT2D eigenvalue weighted by Gasteiger charge is 2.37. The third-order valence-electron chi connectivity index (χ3n) is 14.1. The summed E-state index contributed by atoms with van der Waals surface area (Å²) in [6, 6.07) is 69.0. The molecule has 2 nitrogen and oxygen atoms in total. The zero-order valence-corrected chi connectivity index (χ0v) is 38.2. The Hall–Kier alpha value is -7.68. The average Bonchev–Trinajstić information content (AvgIpc) is 3.72. The Morgan fingerprint density at radius 1 is 0.364 bits per heavy atom. The van der Waals surface area contributed by atoms with Crippen LogP contribution < -0.4 is 9.80 Å². The maximum absolute atomic E-state index is 2.44. The second kappa shape index (κ2) is 16.7. The quantitative estimate of drug-likeness (QED) is 0.127. The van der Waals surface area contributed by atoms with Gasteiger partial charge in [-0.25, -0.2) is 0 Å². The molecule has 0 unspecified atom stereocenters. The van der Waals surface area contributed by atoms with Crippen LogP contribution >= 0.6 is 0 Å². The summed E-state index contributed by atoms with van der Waals surface area (Å²) in [6.07, 6.45) is 17.8. The van der Waals surface area contributed by atoms with E-state index in [1.807, 2.05) is 0 Å². The first-order valence-corrected chi connectivity index (χ1v) is 23.4. The third kappa shape index (κ3) is 7.43. The number of rotatable bonds is 10. The maximum atomic E-state index is 2.44.